The number of carbonyl (C=O) groups excluding carboxylic acids is 1. The summed E-state index contributed by atoms with van der Waals surface area (Å²) in [6.45, 7) is 3.98. The van der Waals surface area contributed by atoms with E-state index in [1.165, 1.54) is 4.88 Å². The quantitative estimate of drug-likeness (QED) is 0.872. The first-order valence-electron chi connectivity index (χ1n) is 6.07. The molecule has 0 aromatic carbocycles. The Kier molecular flexibility index (Phi) is 4.35. The number of carbonyl (C=O) groups is 1. The van der Waals surface area contributed by atoms with Crippen LogP contribution in [0.2, 0.25) is 0 Å². The lowest BCUT2D eigenvalue weighted by atomic mass is 9.64. The molecule has 1 fully saturated rings. The van der Waals surface area contributed by atoms with Gasteiger partial charge in [-0.25, -0.2) is 0 Å². The molecule has 1 amide bonds. The van der Waals surface area contributed by atoms with Gasteiger partial charge >= 0.3 is 0 Å². The zero-order chi connectivity index (χ0) is 13.2. The molecule has 0 spiro atoms. The van der Waals surface area contributed by atoms with Crippen LogP contribution >= 0.6 is 23.1 Å². The molecule has 0 bridgehead atoms. The van der Waals surface area contributed by atoms with Crippen LogP contribution in [0.15, 0.2) is 17.5 Å². The highest BCUT2D eigenvalue weighted by molar-refractivity contribution is 7.99. The predicted molar refractivity (Wildman–Crippen MR) is 76.8 cm³/mol. The van der Waals surface area contributed by atoms with Gasteiger partial charge in [0.2, 0.25) is 5.91 Å². The van der Waals surface area contributed by atoms with Gasteiger partial charge in [-0.1, -0.05) is 19.9 Å². The molecule has 0 radical (unpaired) electrons. The van der Waals surface area contributed by atoms with Crippen molar-refractivity contribution in [2.24, 2.45) is 5.41 Å². The molecule has 2 atom stereocenters. The van der Waals surface area contributed by atoms with Crippen molar-refractivity contribution in [1.29, 1.82) is 0 Å². The van der Waals surface area contributed by atoms with E-state index >= 15 is 0 Å². The van der Waals surface area contributed by atoms with Gasteiger partial charge in [-0.2, -0.15) is 0 Å². The second kappa shape index (κ2) is 5.63. The third kappa shape index (κ3) is 3.08. The molecular formula is C13H19NO2S2. The van der Waals surface area contributed by atoms with Gasteiger partial charge < -0.3 is 10.4 Å². The van der Waals surface area contributed by atoms with Crippen molar-refractivity contribution in [3.05, 3.63) is 22.4 Å². The van der Waals surface area contributed by atoms with Crippen LogP contribution in [0.3, 0.4) is 0 Å². The van der Waals surface area contributed by atoms with E-state index in [2.05, 4.69) is 11.4 Å². The van der Waals surface area contributed by atoms with Crippen LogP contribution in [-0.2, 0) is 10.5 Å². The number of nitrogens with one attached hydrogen (secondary N) is 1. The van der Waals surface area contributed by atoms with Gasteiger partial charge in [0, 0.05) is 22.1 Å². The smallest absolute Gasteiger partial charge is 0.230 e. The summed E-state index contributed by atoms with van der Waals surface area (Å²) >= 11 is 3.35. The van der Waals surface area contributed by atoms with Crippen LogP contribution in [-0.4, -0.2) is 28.9 Å². The Balaban J connectivity index is 1.67. The third-order valence-electron chi connectivity index (χ3n) is 3.61. The van der Waals surface area contributed by atoms with Gasteiger partial charge in [-0.15, -0.1) is 23.1 Å². The van der Waals surface area contributed by atoms with Crippen LogP contribution < -0.4 is 5.32 Å². The average molecular weight is 285 g/mol. The Hall–Kier alpha value is -0.520. The Morgan fingerprint density at radius 1 is 1.67 bits per heavy atom. The van der Waals surface area contributed by atoms with Crippen molar-refractivity contribution < 1.29 is 9.90 Å². The molecule has 100 valence electrons. The molecule has 0 aliphatic heterocycles. The maximum atomic E-state index is 11.8. The summed E-state index contributed by atoms with van der Waals surface area (Å²) in [5, 5.41) is 14.7. The first-order valence-corrected chi connectivity index (χ1v) is 8.11. The highest BCUT2D eigenvalue weighted by Crippen LogP contribution is 2.40. The van der Waals surface area contributed by atoms with Gasteiger partial charge in [0.15, 0.2) is 0 Å². The van der Waals surface area contributed by atoms with Crippen LogP contribution in [0.4, 0.5) is 0 Å². The summed E-state index contributed by atoms with van der Waals surface area (Å²) in [5.74, 6) is 1.45. The van der Waals surface area contributed by atoms with Gasteiger partial charge in [0.25, 0.3) is 0 Å². The summed E-state index contributed by atoms with van der Waals surface area (Å²) < 4.78 is 0. The molecule has 1 aromatic rings. The second-order valence-corrected chi connectivity index (χ2v) is 7.28. The van der Waals surface area contributed by atoms with Crippen LogP contribution in [0.1, 0.15) is 25.1 Å². The molecule has 5 heteroatoms. The Morgan fingerprint density at radius 3 is 3.00 bits per heavy atom. The molecule has 2 unspecified atom stereocenters. The fourth-order valence-corrected chi connectivity index (χ4v) is 3.70. The van der Waals surface area contributed by atoms with Crippen molar-refractivity contribution in [3.8, 4) is 0 Å². The van der Waals surface area contributed by atoms with Crippen molar-refractivity contribution in [3.63, 3.8) is 0 Å². The highest BCUT2D eigenvalue weighted by atomic mass is 32.2. The molecule has 1 aromatic heterocycles. The van der Waals surface area contributed by atoms with Crippen molar-refractivity contribution in [2.75, 3.05) is 5.75 Å². The molecule has 18 heavy (non-hydrogen) atoms. The van der Waals surface area contributed by atoms with Gasteiger partial charge in [-0.3, -0.25) is 4.79 Å². The number of amides is 1. The number of thiophene rings is 1. The Morgan fingerprint density at radius 2 is 2.44 bits per heavy atom. The average Bonchev–Trinajstić information content (AvgIpc) is 2.82. The fraction of sp³-hybridized carbons (Fsp3) is 0.615. The first kappa shape index (κ1) is 13.9. The lowest BCUT2D eigenvalue weighted by molar-refractivity contribution is -0.126. The van der Waals surface area contributed by atoms with E-state index in [1.807, 2.05) is 25.3 Å². The van der Waals surface area contributed by atoms with E-state index in [-0.39, 0.29) is 23.5 Å². The van der Waals surface area contributed by atoms with E-state index in [9.17, 15) is 9.90 Å². The Labute approximate surface area is 116 Å². The number of hydrogen-bond donors (Lipinski definition) is 2. The number of hydrogen-bond acceptors (Lipinski definition) is 4. The maximum Gasteiger partial charge on any atom is 0.230 e. The summed E-state index contributed by atoms with van der Waals surface area (Å²) in [6, 6.07) is 4.22. The number of thioether (sulfide) groups is 1. The van der Waals surface area contributed by atoms with Crippen molar-refractivity contribution in [1.82, 2.24) is 5.32 Å². The maximum absolute atomic E-state index is 11.8. The molecule has 2 N–H and O–H groups in total. The van der Waals surface area contributed by atoms with E-state index in [1.54, 1.807) is 23.1 Å². The molecule has 0 saturated heterocycles. The molecule has 2 rings (SSSR count). The minimum Gasteiger partial charge on any atom is -0.392 e. The molecule has 1 heterocycles. The van der Waals surface area contributed by atoms with Crippen LogP contribution in [0, 0.1) is 5.41 Å². The molecule has 1 saturated carbocycles. The van der Waals surface area contributed by atoms with Gasteiger partial charge in [0.05, 0.1) is 11.9 Å². The number of rotatable bonds is 5. The van der Waals surface area contributed by atoms with Crippen LogP contribution in [0.25, 0.3) is 0 Å². The highest BCUT2D eigenvalue weighted by Gasteiger charge is 2.47. The molecule has 1 aliphatic carbocycles. The molecule has 1 aliphatic rings. The summed E-state index contributed by atoms with van der Waals surface area (Å²) in [7, 11) is 0. The zero-order valence-corrected chi connectivity index (χ0v) is 12.3. The summed E-state index contributed by atoms with van der Waals surface area (Å²) in [6.07, 6.45) is 0.385. The topological polar surface area (TPSA) is 49.3 Å². The van der Waals surface area contributed by atoms with E-state index in [0.717, 1.165) is 5.75 Å². The van der Waals surface area contributed by atoms with E-state index in [4.69, 9.17) is 0 Å². The fourth-order valence-electron chi connectivity index (χ4n) is 2.02. The van der Waals surface area contributed by atoms with Gasteiger partial charge in [-0.05, 0) is 17.9 Å². The van der Waals surface area contributed by atoms with Crippen molar-refractivity contribution >= 4 is 29.0 Å². The minimum atomic E-state index is -0.290. The standard InChI is InChI=1S/C13H19NO2S2/c1-13(2)10(6-11(13)15)14-12(16)8-17-7-9-4-3-5-18-9/h3-5,10-11,15H,6-8H2,1-2H3,(H,14,16). The SMILES string of the molecule is CC1(C)C(O)CC1NC(=O)CSCc1cccs1. The number of aliphatic hydroxyl groups is 1. The largest absolute Gasteiger partial charge is 0.392 e. The van der Waals surface area contributed by atoms with E-state index in [0.29, 0.717) is 12.2 Å². The zero-order valence-electron chi connectivity index (χ0n) is 10.7. The molecule has 3 nitrogen and oxygen atoms in total. The van der Waals surface area contributed by atoms with Crippen molar-refractivity contribution in [2.45, 2.75) is 38.2 Å². The molecular weight excluding hydrogens is 266 g/mol. The third-order valence-corrected chi connectivity index (χ3v) is 5.65. The lowest BCUT2D eigenvalue weighted by Crippen LogP contribution is -2.61. The number of aliphatic hydroxyl groups excluding tert-OH is 1. The monoisotopic (exact) mass is 285 g/mol. The normalized spacial score (nSPS) is 25.5. The predicted octanol–water partition coefficient (Wildman–Crippen LogP) is 2.26. The summed E-state index contributed by atoms with van der Waals surface area (Å²) in [4.78, 5) is 13.1. The van der Waals surface area contributed by atoms with E-state index < -0.39 is 0 Å². The van der Waals surface area contributed by atoms with Crippen LogP contribution in [0.5, 0.6) is 0 Å². The first-order chi connectivity index (χ1) is 8.50. The minimum absolute atomic E-state index is 0.0709. The lowest BCUT2D eigenvalue weighted by Gasteiger charge is -2.49. The Bertz CT molecular complexity index is 403. The second-order valence-electron chi connectivity index (χ2n) is 5.27. The summed E-state index contributed by atoms with van der Waals surface area (Å²) in [5.41, 5.74) is -0.186. The van der Waals surface area contributed by atoms with Gasteiger partial charge in [0.1, 0.15) is 0 Å².